The van der Waals surface area contributed by atoms with Gasteiger partial charge in [0.05, 0.1) is 0 Å². The maximum atomic E-state index is 13.5. The van der Waals surface area contributed by atoms with Crippen molar-refractivity contribution in [3.05, 3.63) is 58.9 Å². The molecule has 0 radical (unpaired) electrons. The molecule has 0 saturated carbocycles. The fourth-order valence-corrected chi connectivity index (χ4v) is 2.38. The van der Waals surface area contributed by atoms with Crippen molar-refractivity contribution < 1.29 is 9.18 Å². The molecule has 20 heavy (non-hydrogen) atoms. The smallest absolute Gasteiger partial charge is 0.255 e. The van der Waals surface area contributed by atoms with Crippen LogP contribution in [0.2, 0.25) is 0 Å². The molecule has 0 bridgehead atoms. The monoisotopic (exact) mass is 270 g/mol. The second kappa shape index (κ2) is 4.96. The van der Waals surface area contributed by atoms with Crippen molar-refractivity contribution in [1.29, 1.82) is 0 Å². The molecule has 1 heterocycles. The fraction of sp³-hybridized carbons (Fsp3) is 0.188. The van der Waals surface area contributed by atoms with Gasteiger partial charge in [-0.2, -0.15) is 0 Å². The summed E-state index contributed by atoms with van der Waals surface area (Å²) in [7, 11) is 0. The normalized spacial score (nSPS) is 12.7. The Balaban J connectivity index is 1.84. The minimum atomic E-state index is -0.319. The van der Waals surface area contributed by atoms with Gasteiger partial charge in [0.15, 0.2) is 0 Å². The lowest BCUT2D eigenvalue weighted by molar-refractivity contribution is 0.102. The molecule has 4 heteroatoms. The number of anilines is 2. The molecule has 1 aliphatic rings. The first kappa shape index (κ1) is 12.7. The van der Waals surface area contributed by atoms with Crippen LogP contribution in [0.25, 0.3) is 0 Å². The Bertz CT molecular complexity index is 682. The van der Waals surface area contributed by atoms with Gasteiger partial charge >= 0.3 is 0 Å². The van der Waals surface area contributed by atoms with E-state index in [0.29, 0.717) is 16.8 Å². The van der Waals surface area contributed by atoms with Gasteiger partial charge in [-0.15, -0.1) is 0 Å². The number of rotatable bonds is 2. The molecular formula is C16H15FN2O. The van der Waals surface area contributed by atoms with Crippen molar-refractivity contribution in [1.82, 2.24) is 0 Å². The Morgan fingerprint density at radius 3 is 3.00 bits per heavy atom. The Labute approximate surface area is 116 Å². The van der Waals surface area contributed by atoms with Crippen LogP contribution in [-0.4, -0.2) is 12.5 Å². The highest BCUT2D eigenvalue weighted by Gasteiger charge is 2.14. The van der Waals surface area contributed by atoms with Crippen LogP contribution in [-0.2, 0) is 6.42 Å². The van der Waals surface area contributed by atoms with Gasteiger partial charge in [0.25, 0.3) is 5.91 Å². The van der Waals surface area contributed by atoms with E-state index in [4.69, 9.17) is 0 Å². The highest BCUT2D eigenvalue weighted by atomic mass is 19.1. The number of hydrogen-bond acceptors (Lipinski definition) is 2. The van der Waals surface area contributed by atoms with Crippen molar-refractivity contribution >= 4 is 17.3 Å². The van der Waals surface area contributed by atoms with Crippen molar-refractivity contribution in [2.75, 3.05) is 17.2 Å². The summed E-state index contributed by atoms with van der Waals surface area (Å²) in [6.45, 7) is 2.56. The molecule has 0 fully saturated rings. The van der Waals surface area contributed by atoms with E-state index in [1.54, 1.807) is 25.1 Å². The molecular weight excluding hydrogens is 255 g/mol. The van der Waals surface area contributed by atoms with Gasteiger partial charge in [-0.05, 0) is 49.2 Å². The van der Waals surface area contributed by atoms with Crippen LogP contribution >= 0.6 is 0 Å². The number of carbonyl (C=O) groups excluding carboxylic acids is 1. The topological polar surface area (TPSA) is 41.1 Å². The summed E-state index contributed by atoms with van der Waals surface area (Å²) in [6.07, 6.45) is 0.926. The first-order chi connectivity index (χ1) is 9.65. The van der Waals surface area contributed by atoms with Crippen LogP contribution in [0.4, 0.5) is 15.8 Å². The summed E-state index contributed by atoms with van der Waals surface area (Å²) >= 11 is 0. The van der Waals surface area contributed by atoms with Gasteiger partial charge in [0.2, 0.25) is 0 Å². The number of benzene rings is 2. The van der Waals surface area contributed by atoms with Crippen LogP contribution in [0, 0.1) is 12.7 Å². The van der Waals surface area contributed by atoms with Crippen molar-refractivity contribution in [2.24, 2.45) is 0 Å². The third-order valence-corrected chi connectivity index (χ3v) is 3.59. The van der Waals surface area contributed by atoms with Crippen molar-refractivity contribution in [2.45, 2.75) is 13.3 Å². The second-order valence-corrected chi connectivity index (χ2v) is 4.92. The standard InChI is InChI=1S/C16H15FN2O/c1-10-13(17)3-2-4-14(10)19-16(20)12-5-6-15-11(9-12)7-8-18-15/h2-6,9,18H,7-8H2,1H3,(H,19,20). The Kier molecular flexibility index (Phi) is 3.14. The highest BCUT2D eigenvalue weighted by Crippen LogP contribution is 2.24. The Morgan fingerprint density at radius 2 is 2.15 bits per heavy atom. The van der Waals surface area contributed by atoms with Crippen LogP contribution in [0.1, 0.15) is 21.5 Å². The maximum Gasteiger partial charge on any atom is 0.255 e. The lowest BCUT2D eigenvalue weighted by Crippen LogP contribution is -2.13. The molecule has 0 atom stereocenters. The minimum absolute atomic E-state index is 0.214. The van der Waals surface area contributed by atoms with E-state index in [2.05, 4.69) is 10.6 Å². The maximum absolute atomic E-state index is 13.5. The molecule has 2 aromatic rings. The van der Waals surface area contributed by atoms with Crippen LogP contribution in [0.5, 0.6) is 0 Å². The number of amides is 1. The lowest BCUT2D eigenvalue weighted by atomic mass is 10.1. The Hall–Kier alpha value is -2.36. The zero-order valence-electron chi connectivity index (χ0n) is 11.2. The van der Waals surface area contributed by atoms with Crippen LogP contribution in [0.15, 0.2) is 36.4 Å². The second-order valence-electron chi connectivity index (χ2n) is 4.92. The Morgan fingerprint density at radius 1 is 1.30 bits per heavy atom. The van der Waals surface area contributed by atoms with E-state index in [-0.39, 0.29) is 11.7 Å². The van der Waals surface area contributed by atoms with Gasteiger partial charge in [-0.3, -0.25) is 4.79 Å². The molecule has 2 N–H and O–H groups in total. The van der Waals surface area contributed by atoms with Crippen LogP contribution in [0.3, 0.4) is 0 Å². The zero-order chi connectivity index (χ0) is 14.1. The van der Waals surface area contributed by atoms with E-state index < -0.39 is 0 Å². The van der Waals surface area contributed by atoms with E-state index in [0.717, 1.165) is 24.2 Å². The summed E-state index contributed by atoms with van der Waals surface area (Å²) in [5.74, 6) is -0.533. The van der Waals surface area contributed by atoms with Gasteiger partial charge < -0.3 is 10.6 Å². The lowest BCUT2D eigenvalue weighted by Gasteiger charge is -2.09. The molecule has 0 aromatic heterocycles. The fourth-order valence-electron chi connectivity index (χ4n) is 2.38. The summed E-state index contributed by atoms with van der Waals surface area (Å²) in [4.78, 5) is 12.2. The number of fused-ring (bicyclic) bond motifs is 1. The molecule has 0 spiro atoms. The number of hydrogen-bond donors (Lipinski definition) is 2. The largest absolute Gasteiger partial charge is 0.384 e. The number of halogens is 1. The van der Waals surface area contributed by atoms with E-state index in [9.17, 15) is 9.18 Å². The first-order valence-corrected chi connectivity index (χ1v) is 6.58. The average molecular weight is 270 g/mol. The molecule has 0 unspecified atom stereocenters. The van der Waals surface area contributed by atoms with Crippen molar-refractivity contribution in [3.63, 3.8) is 0 Å². The van der Waals surface area contributed by atoms with Gasteiger partial charge in [-0.1, -0.05) is 6.07 Å². The molecule has 0 saturated heterocycles. The molecule has 1 aliphatic heterocycles. The zero-order valence-corrected chi connectivity index (χ0v) is 11.2. The predicted octanol–water partition coefficient (Wildman–Crippen LogP) is 3.35. The van der Waals surface area contributed by atoms with E-state index in [1.165, 1.54) is 6.07 Å². The predicted molar refractivity (Wildman–Crippen MR) is 77.7 cm³/mol. The third-order valence-electron chi connectivity index (χ3n) is 3.59. The minimum Gasteiger partial charge on any atom is -0.384 e. The number of carbonyl (C=O) groups is 1. The molecule has 102 valence electrons. The third kappa shape index (κ3) is 2.25. The van der Waals surface area contributed by atoms with Gasteiger partial charge in [-0.25, -0.2) is 4.39 Å². The average Bonchev–Trinajstić information content (AvgIpc) is 2.91. The number of nitrogens with one attached hydrogen (secondary N) is 2. The summed E-state index contributed by atoms with van der Waals surface area (Å²) in [5.41, 5.74) is 3.78. The van der Waals surface area contributed by atoms with Crippen molar-refractivity contribution in [3.8, 4) is 0 Å². The highest BCUT2D eigenvalue weighted by molar-refractivity contribution is 6.05. The van der Waals surface area contributed by atoms with Gasteiger partial charge in [0.1, 0.15) is 5.82 Å². The summed E-state index contributed by atoms with van der Waals surface area (Å²) in [6, 6.07) is 10.2. The van der Waals surface area contributed by atoms with E-state index in [1.807, 2.05) is 12.1 Å². The summed E-state index contributed by atoms with van der Waals surface area (Å²) < 4.78 is 13.5. The quantitative estimate of drug-likeness (QED) is 0.878. The molecule has 1 amide bonds. The first-order valence-electron chi connectivity index (χ1n) is 6.58. The molecule has 0 aliphatic carbocycles. The molecule has 3 rings (SSSR count). The van der Waals surface area contributed by atoms with Gasteiger partial charge in [0, 0.05) is 29.0 Å². The molecule has 3 nitrogen and oxygen atoms in total. The SMILES string of the molecule is Cc1c(F)cccc1NC(=O)c1ccc2c(c1)CCN2. The summed E-state index contributed by atoms with van der Waals surface area (Å²) in [5, 5.41) is 6.01. The molecule has 2 aromatic carbocycles. The van der Waals surface area contributed by atoms with E-state index >= 15 is 0 Å². The van der Waals surface area contributed by atoms with Crippen LogP contribution < -0.4 is 10.6 Å².